The number of aromatic nitrogens is 3. The quantitative estimate of drug-likeness (QED) is 0.766. The van der Waals surface area contributed by atoms with Crippen LogP contribution in [0.1, 0.15) is 25.7 Å². The Morgan fingerprint density at radius 1 is 1.19 bits per heavy atom. The Balaban J connectivity index is 1.64. The molecule has 0 amide bonds. The highest BCUT2D eigenvalue weighted by atomic mass is 19.1. The van der Waals surface area contributed by atoms with Gasteiger partial charge in [-0.1, -0.05) is 6.42 Å². The molecule has 0 aliphatic heterocycles. The highest BCUT2D eigenvalue weighted by molar-refractivity contribution is 5.89. The molecule has 0 bridgehead atoms. The Morgan fingerprint density at radius 2 is 2.00 bits per heavy atom. The van der Waals surface area contributed by atoms with Crippen molar-refractivity contribution in [3.63, 3.8) is 0 Å². The van der Waals surface area contributed by atoms with Gasteiger partial charge in [-0.05, 0) is 48.9 Å². The van der Waals surface area contributed by atoms with E-state index in [9.17, 15) is 14.3 Å². The molecule has 0 spiro atoms. The number of rotatable bonds is 3. The molecule has 2 heterocycles. The van der Waals surface area contributed by atoms with Crippen molar-refractivity contribution < 1.29 is 14.2 Å². The lowest BCUT2D eigenvalue weighted by molar-refractivity contribution is 0.0594. The van der Waals surface area contributed by atoms with Gasteiger partial charge in [0.05, 0.1) is 5.69 Å². The van der Waals surface area contributed by atoms with E-state index < -0.39 is 12.3 Å². The SMILES string of the molecule is Cn1ccc2cc(O)c(-c3ccc(O[C@@H]4CCCCC4F)nn3)cc2c1=O. The third-order valence-corrected chi connectivity index (χ3v) is 5.01. The topological polar surface area (TPSA) is 77.2 Å². The number of halogens is 1. The van der Waals surface area contributed by atoms with Crippen LogP contribution < -0.4 is 10.3 Å². The number of aromatic hydroxyl groups is 1. The van der Waals surface area contributed by atoms with Crippen LogP contribution in [0.25, 0.3) is 22.0 Å². The van der Waals surface area contributed by atoms with Gasteiger partial charge in [-0.3, -0.25) is 4.79 Å². The van der Waals surface area contributed by atoms with Gasteiger partial charge in [0.15, 0.2) is 0 Å². The smallest absolute Gasteiger partial charge is 0.258 e. The molecule has 7 heteroatoms. The number of ether oxygens (including phenoxy) is 1. The summed E-state index contributed by atoms with van der Waals surface area (Å²) in [6.07, 6.45) is 3.18. The second-order valence-electron chi connectivity index (χ2n) is 6.90. The molecule has 2 atom stereocenters. The molecule has 0 radical (unpaired) electrons. The summed E-state index contributed by atoms with van der Waals surface area (Å²) < 4.78 is 21.0. The summed E-state index contributed by atoms with van der Waals surface area (Å²) in [7, 11) is 1.67. The fourth-order valence-electron chi connectivity index (χ4n) is 3.45. The summed E-state index contributed by atoms with van der Waals surface area (Å²) in [5, 5.41) is 19.6. The van der Waals surface area contributed by atoms with E-state index in [0.29, 0.717) is 34.9 Å². The van der Waals surface area contributed by atoms with Crippen molar-refractivity contribution in [2.45, 2.75) is 38.0 Å². The number of alkyl halides is 1. The molecule has 1 aliphatic rings. The van der Waals surface area contributed by atoms with Gasteiger partial charge in [-0.2, -0.15) is 0 Å². The maximum atomic E-state index is 13.9. The number of hydrogen-bond donors (Lipinski definition) is 1. The van der Waals surface area contributed by atoms with E-state index in [1.165, 1.54) is 10.6 Å². The average Bonchev–Trinajstić information content (AvgIpc) is 2.67. The van der Waals surface area contributed by atoms with Gasteiger partial charge in [0.2, 0.25) is 5.88 Å². The summed E-state index contributed by atoms with van der Waals surface area (Å²) in [5.74, 6) is 0.263. The summed E-state index contributed by atoms with van der Waals surface area (Å²) >= 11 is 0. The lowest BCUT2D eigenvalue weighted by atomic mass is 9.96. The summed E-state index contributed by atoms with van der Waals surface area (Å²) in [4.78, 5) is 12.3. The number of fused-ring (bicyclic) bond motifs is 1. The van der Waals surface area contributed by atoms with Gasteiger partial charge >= 0.3 is 0 Å². The first-order chi connectivity index (χ1) is 13.0. The molecule has 4 rings (SSSR count). The number of nitrogens with zero attached hydrogens (tertiary/aromatic N) is 3. The van der Waals surface area contributed by atoms with Crippen LogP contribution in [0.5, 0.6) is 11.6 Å². The molecule has 1 N–H and O–H groups in total. The predicted octanol–water partition coefficient (Wildman–Crippen LogP) is 3.36. The minimum atomic E-state index is -0.985. The van der Waals surface area contributed by atoms with Crippen LogP contribution >= 0.6 is 0 Å². The molecule has 1 fully saturated rings. The zero-order valence-electron chi connectivity index (χ0n) is 14.9. The second kappa shape index (κ2) is 6.98. The van der Waals surface area contributed by atoms with Crippen LogP contribution in [0.2, 0.25) is 0 Å². The first-order valence-corrected chi connectivity index (χ1v) is 9.00. The van der Waals surface area contributed by atoms with Gasteiger partial charge in [-0.25, -0.2) is 4.39 Å². The first-order valence-electron chi connectivity index (χ1n) is 9.00. The first kappa shape index (κ1) is 17.5. The van der Waals surface area contributed by atoms with E-state index in [1.807, 2.05) is 0 Å². The van der Waals surface area contributed by atoms with Gasteiger partial charge in [-0.15, -0.1) is 10.2 Å². The van der Waals surface area contributed by atoms with Crippen LogP contribution in [0, 0.1) is 0 Å². The van der Waals surface area contributed by atoms with Crippen molar-refractivity contribution in [3.05, 3.63) is 46.9 Å². The van der Waals surface area contributed by atoms with E-state index in [0.717, 1.165) is 12.8 Å². The van der Waals surface area contributed by atoms with Crippen LogP contribution in [0.4, 0.5) is 4.39 Å². The van der Waals surface area contributed by atoms with Gasteiger partial charge in [0.25, 0.3) is 5.56 Å². The van der Waals surface area contributed by atoms with Gasteiger partial charge in [0, 0.05) is 30.3 Å². The molecular weight excluding hydrogens is 349 g/mol. The van der Waals surface area contributed by atoms with Crippen LogP contribution in [-0.4, -0.2) is 32.1 Å². The van der Waals surface area contributed by atoms with Crippen LogP contribution in [0.15, 0.2) is 41.3 Å². The van der Waals surface area contributed by atoms with Crippen molar-refractivity contribution in [2.24, 2.45) is 7.05 Å². The Hall–Kier alpha value is -2.96. The Kier molecular flexibility index (Phi) is 4.51. The average molecular weight is 369 g/mol. The predicted molar refractivity (Wildman–Crippen MR) is 99.7 cm³/mol. The summed E-state index contributed by atoms with van der Waals surface area (Å²) in [6, 6.07) is 8.16. The maximum Gasteiger partial charge on any atom is 0.258 e. The standard InChI is InChI=1S/C20H20FN3O3/c1-24-9-8-12-10-17(25)14(11-13(12)20(24)26)16-6-7-19(23-22-16)27-18-5-3-2-4-15(18)21/h6-11,15,18,25H,2-5H2,1H3/t15?,18-/m1/s1. The normalized spacial score (nSPS) is 19.9. The van der Waals surface area contributed by atoms with E-state index >= 15 is 0 Å². The number of phenols is 1. The summed E-state index contributed by atoms with van der Waals surface area (Å²) in [6.45, 7) is 0. The van der Waals surface area contributed by atoms with Crippen molar-refractivity contribution in [1.82, 2.24) is 14.8 Å². The third-order valence-electron chi connectivity index (χ3n) is 5.01. The monoisotopic (exact) mass is 369 g/mol. The second-order valence-corrected chi connectivity index (χ2v) is 6.90. The van der Waals surface area contributed by atoms with Crippen molar-refractivity contribution in [3.8, 4) is 22.9 Å². The molecule has 1 aliphatic carbocycles. The van der Waals surface area contributed by atoms with Gasteiger partial charge in [0.1, 0.15) is 18.0 Å². The highest BCUT2D eigenvalue weighted by Gasteiger charge is 2.26. The molecule has 1 unspecified atom stereocenters. The Bertz CT molecular complexity index is 1030. The lowest BCUT2D eigenvalue weighted by Crippen LogP contribution is -2.32. The van der Waals surface area contributed by atoms with Crippen LogP contribution in [0.3, 0.4) is 0 Å². The number of aryl methyl sites for hydroxylation is 1. The van der Waals surface area contributed by atoms with Crippen molar-refractivity contribution in [1.29, 1.82) is 0 Å². The Labute approximate surface area is 155 Å². The number of phenolic OH excluding ortho intramolecular Hbond substituents is 1. The van der Waals surface area contributed by atoms with E-state index in [4.69, 9.17) is 4.74 Å². The van der Waals surface area contributed by atoms with Gasteiger partial charge < -0.3 is 14.4 Å². The largest absolute Gasteiger partial charge is 0.507 e. The fourth-order valence-corrected chi connectivity index (χ4v) is 3.45. The summed E-state index contributed by atoms with van der Waals surface area (Å²) in [5.41, 5.74) is 0.659. The molecule has 6 nitrogen and oxygen atoms in total. The molecule has 140 valence electrons. The van der Waals surface area contributed by atoms with Crippen LogP contribution in [-0.2, 0) is 7.05 Å². The molecule has 27 heavy (non-hydrogen) atoms. The van der Waals surface area contributed by atoms with E-state index in [1.54, 1.807) is 37.5 Å². The molecule has 0 saturated heterocycles. The van der Waals surface area contributed by atoms with E-state index in [-0.39, 0.29) is 17.2 Å². The van der Waals surface area contributed by atoms with Crippen molar-refractivity contribution in [2.75, 3.05) is 0 Å². The zero-order chi connectivity index (χ0) is 19.0. The highest BCUT2D eigenvalue weighted by Crippen LogP contribution is 2.32. The number of benzene rings is 1. The minimum Gasteiger partial charge on any atom is -0.507 e. The molecule has 1 saturated carbocycles. The lowest BCUT2D eigenvalue weighted by Gasteiger charge is -2.25. The number of pyridine rings is 1. The molecule has 2 aromatic heterocycles. The molecule has 1 aromatic carbocycles. The Morgan fingerprint density at radius 3 is 2.74 bits per heavy atom. The molecule has 3 aromatic rings. The fraction of sp³-hybridized carbons (Fsp3) is 0.350. The minimum absolute atomic E-state index is 0.00910. The zero-order valence-corrected chi connectivity index (χ0v) is 14.9. The van der Waals surface area contributed by atoms with Crippen molar-refractivity contribution >= 4 is 10.8 Å². The van der Waals surface area contributed by atoms with E-state index in [2.05, 4.69) is 10.2 Å². The third kappa shape index (κ3) is 3.37. The molecular formula is C20H20FN3O3. The maximum absolute atomic E-state index is 13.9. The number of hydrogen-bond acceptors (Lipinski definition) is 5.